The van der Waals surface area contributed by atoms with Crippen molar-refractivity contribution in [3.63, 3.8) is 0 Å². The molecule has 2 aromatic rings. The quantitative estimate of drug-likeness (QED) is 0.586. The molecule has 2 atom stereocenters. The number of carbonyl (C=O) groups excluding carboxylic acids is 2. The predicted octanol–water partition coefficient (Wildman–Crippen LogP) is 4.75. The Morgan fingerprint density at radius 3 is 2.47 bits per heavy atom. The minimum atomic E-state index is -0.269. The zero-order valence-electron chi connectivity index (χ0n) is 17.7. The molecule has 2 aromatic carbocycles. The van der Waals surface area contributed by atoms with Crippen molar-refractivity contribution in [1.29, 1.82) is 0 Å². The Labute approximate surface area is 190 Å². The van der Waals surface area contributed by atoms with Crippen molar-refractivity contribution in [3.8, 4) is 0 Å². The first-order chi connectivity index (χ1) is 15.5. The molecule has 0 saturated carbocycles. The summed E-state index contributed by atoms with van der Waals surface area (Å²) in [4.78, 5) is 29.4. The van der Waals surface area contributed by atoms with E-state index in [1.165, 1.54) is 23.1 Å². The summed E-state index contributed by atoms with van der Waals surface area (Å²) in [5.41, 5.74) is 2.94. The van der Waals surface area contributed by atoms with Gasteiger partial charge >= 0.3 is 0 Å². The number of imide groups is 1. The molecule has 3 aliphatic heterocycles. The van der Waals surface area contributed by atoms with E-state index >= 15 is 0 Å². The zero-order chi connectivity index (χ0) is 22.2. The first-order valence-electron chi connectivity index (χ1n) is 11.0. The molecule has 2 saturated heterocycles. The molecule has 0 aromatic heterocycles. The Morgan fingerprint density at radius 2 is 1.72 bits per heavy atom. The average molecular weight is 458 g/mol. The highest BCUT2D eigenvalue weighted by atomic mass is 32.2. The van der Waals surface area contributed by atoms with Gasteiger partial charge in [-0.05, 0) is 73.8 Å². The van der Waals surface area contributed by atoms with Crippen molar-refractivity contribution in [2.75, 3.05) is 36.8 Å². The van der Waals surface area contributed by atoms with E-state index in [1.54, 1.807) is 18.2 Å². The molecule has 5 rings (SSSR count). The topological polar surface area (TPSA) is 43.9 Å². The molecule has 3 heterocycles. The van der Waals surface area contributed by atoms with E-state index in [4.69, 9.17) is 0 Å². The number of fused-ring (bicyclic) bond motifs is 3. The van der Waals surface area contributed by atoms with Gasteiger partial charge in [-0.1, -0.05) is 11.8 Å². The van der Waals surface area contributed by atoms with E-state index in [0.717, 1.165) is 67.6 Å². The van der Waals surface area contributed by atoms with Crippen LogP contribution in [0.5, 0.6) is 0 Å². The average Bonchev–Trinajstić information content (AvgIpc) is 3.28. The van der Waals surface area contributed by atoms with Gasteiger partial charge in [0.1, 0.15) is 11.6 Å². The predicted molar refractivity (Wildman–Crippen MR) is 121 cm³/mol. The van der Waals surface area contributed by atoms with Crippen LogP contribution in [0, 0.1) is 11.6 Å². The fourth-order valence-corrected chi connectivity index (χ4v) is 5.93. The Bertz CT molecular complexity index is 1020. The van der Waals surface area contributed by atoms with Crippen LogP contribution in [0.1, 0.15) is 30.7 Å². The fraction of sp³-hybridized carbons (Fsp3) is 0.417. The number of piperidine rings is 1. The van der Waals surface area contributed by atoms with Crippen LogP contribution in [-0.2, 0) is 4.79 Å². The number of rotatable bonds is 6. The molecule has 168 valence electrons. The zero-order valence-corrected chi connectivity index (χ0v) is 18.5. The summed E-state index contributed by atoms with van der Waals surface area (Å²) in [6.07, 6.45) is 2.62. The Hall–Kier alpha value is -2.45. The molecule has 8 heteroatoms. The van der Waals surface area contributed by atoms with Crippen LogP contribution in [-0.4, -0.2) is 58.9 Å². The monoisotopic (exact) mass is 457 g/mol. The molecule has 32 heavy (non-hydrogen) atoms. The van der Waals surface area contributed by atoms with Crippen molar-refractivity contribution in [2.24, 2.45) is 0 Å². The van der Waals surface area contributed by atoms with Crippen LogP contribution >= 0.6 is 11.8 Å². The fourth-order valence-electron chi connectivity index (χ4n) is 5.18. The summed E-state index contributed by atoms with van der Waals surface area (Å²) in [5, 5.41) is -0.138. The first-order valence-corrected chi connectivity index (χ1v) is 12.0. The summed E-state index contributed by atoms with van der Waals surface area (Å²) >= 11 is 1.07. The maximum absolute atomic E-state index is 14.1. The molecular formula is C24H25F2N3O2S. The van der Waals surface area contributed by atoms with Gasteiger partial charge in [0.05, 0.1) is 5.75 Å². The highest BCUT2D eigenvalue weighted by Gasteiger charge is 2.42. The van der Waals surface area contributed by atoms with Crippen LogP contribution in [0.4, 0.5) is 25.0 Å². The van der Waals surface area contributed by atoms with Crippen molar-refractivity contribution >= 4 is 34.3 Å². The van der Waals surface area contributed by atoms with Crippen LogP contribution in [0.2, 0.25) is 0 Å². The van der Waals surface area contributed by atoms with Gasteiger partial charge in [-0.15, -0.1) is 0 Å². The molecule has 2 unspecified atom stereocenters. The Balaban J connectivity index is 1.26. The molecule has 0 bridgehead atoms. The second kappa shape index (κ2) is 8.83. The van der Waals surface area contributed by atoms with E-state index in [-0.39, 0.29) is 40.5 Å². The van der Waals surface area contributed by atoms with Crippen molar-refractivity contribution < 1.29 is 18.4 Å². The molecular weight excluding hydrogens is 432 g/mol. The summed E-state index contributed by atoms with van der Waals surface area (Å²) < 4.78 is 27.6. The Kier molecular flexibility index (Phi) is 5.90. The van der Waals surface area contributed by atoms with Gasteiger partial charge in [-0.2, -0.15) is 0 Å². The molecule has 0 radical (unpaired) electrons. The number of benzene rings is 2. The molecule has 0 aliphatic carbocycles. The van der Waals surface area contributed by atoms with Gasteiger partial charge in [0.25, 0.3) is 5.24 Å². The van der Waals surface area contributed by atoms with Gasteiger partial charge in [-0.25, -0.2) is 8.78 Å². The maximum Gasteiger partial charge on any atom is 0.288 e. The first kappa shape index (κ1) is 21.4. The standard InChI is InChI=1S/C24H25F2N3O2S/c25-16-3-6-18(7-4-16)29-21-8-5-17(26)13-19(21)20-14-27(12-9-22(20)29)10-1-2-11-28-23(30)15-32-24(28)31/h3-8,13,20,22H,1-2,9-12,14-15H2. The minimum absolute atomic E-state index is 0.0914. The highest BCUT2D eigenvalue weighted by molar-refractivity contribution is 8.14. The number of hydrogen-bond donors (Lipinski definition) is 0. The lowest BCUT2D eigenvalue weighted by Gasteiger charge is -2.39. The third-order valence-corrected chi connectivity index (χ3v) is 7.55. The van der Waals surface area contributed by atoms with E-state index in [9.17, 15) is 18.4 Å². The van der Waals surface area contributed by atoms with Crippen molar-refractivity contribution in [1.82, 2.24) is 9.80 Å². The lowest BCUT2D eigenvalue weighted by atomic mass is 9.89. The summed E-state index contributed by atoms with van der Waals surface area (Å²) in [7, 11) is 0. The van der Waals surface area contributed by atoms with Gasteiger partial charge in [0, 0.05) is 43.0 Å². The number of unbranched alkanes of at least 4 members (excludes halogenated alkanes) is 1. The second-order valence-electron chi connectivity index (χ2n) is 8.62. The number of halogens is 2. The third-order valence-electron chi connectivity index (χ3n) is 6.69. The van der Waals surface area contributed by atoms with E-state index in [0.29, 0.717) is 6.54 Å². The number of anilines is 2. The van der Waals surface area contributed by atoms with E-state index in [2.05, 4.69) is 9.80 Å². The molecule has 3 aliphatic rings. The number of thioether (sulfide) groups is 1. The van der Waals surface area contributed by atoms with Crippen molar-refractivity contribution in [2.45, 2.75) is 31.2 Å². The summed E-state index contributed by atoms with van der Waals surface area (Å²) in [6.45, 7) is 3.12. The summed E-state index contributed by atoms with van der Waals surface area (Å²) in [5.74, 6) is -0.161. The van der Waals surface area contributed by atoms with Gasteiger partial charge in [0.15, 0.2) is 0 Å². The molecule has 5 nitrogen and oxygen atoms in total. The van der Waals surface area contributed by atoms with Crippen molar-refractivity contribution in [3.05, 3.63) is 59.7 Å². The lowest BCUT2D eigenvalue weighted by Crippen LogP contribution is -2.45. The van der Waals surface area contributed by atoms with Gasteiger partial charge < -0.3 is 9.80 Å². The van der Waals surface area contributed by atoms with Crippen LogP contribution in [0.15, 0.2) is 42.5 Å². The highest BCUT2D eigenvalue weighted by Crippen LogP contribution is 2.48. The van der Waals surface area contributed by atoms with Gasteiger partial charge in [0.2, 0.25) is 5.91 Å². The summed E-state index contributed by atoms with van der Waals surface area (Å²) in [6, 6.07) is 11.7. The smallest absolute Gasteiger partial charge is 0.288 e. The third kappa shape index (κ3) is 4.01. The molecule has 2 fully saturated rings. The normalized spacial score (nSPS) is 23.1. The SMILES string of the molecule is O=C1CSC(=O)N1CCCCN1CCC2C(C1)c1cc(F)ccc1N2c1ccc(F)cc1. The number of nitrogens with zero attached hydrogens (tertiary/aromatic N) is 3. The van der Waals surface area contributed by atoms with Gasteiger partial charge in [-0.3, -0.25) is 14.5 Å². The van der Waals surface area contributed by atoms with Crippen LogP contribution in [0.25, 0.3) is 0 Å². The van der Waals surface area contributed by atoms with Crippen LogP contribution in [0.3, 0.4) is 0 Å². The number of likely N-dealkylation sites (tertiary alicyclic amines) is 1. The molecule has 0 N–H and O–H groups in total. The van der Waals surface area contributed by atoms with E-state index < -0.39 is 0 Å². The molecule has 2 amide bonds. The molecule has 0 spiro atoms. The second-order valence-corrected chi connectivity index (χ2v) is 9.55. The number of amides is 2. The Morgan fingerprint density at radius 1 is 0.969 bits per heavy atom. The maximum atomic E-state index is 14.1. The largest absolute Gasteiger partial charge is 0.337 e. The minimum Gasteiger partial charge on any atom is -0.337 e. The number of carbonyl (C=O) groups is 2. The van der Waals surface area contributed by atoms with E-state index in [1.807, 2.05) is 6.07 Å². The lowest BCUT2D eigenvalue weighted by molar-refractivity contribution is -0.124. The van der Waals surface area contributed by atoms with Crippen LogP contribution < -0.4 is 4.90 Å². The number of hydrogen-bond acceptors (Lipinski definition) is 5.